The summed E-state index contributed by atoms with van der Waals surface area (Å²) < 4.78 is 33.9. The molecule has 0 aliphatic carbocycles. The van der Waals surface area contributed by atoms with E-state index in [1.807, 2.05) is 34.3 Å². The van der Waals surface area contributed by atoms with Crippen molar-refractivity contribution in [1.29, 1.82) is 0 Å². The Balaban J connectivity index is 1.62. The minimum Gasteiger partial charge on any atom is -0.449 e. The van der Waals surface area contributed by atoms with E-state index in [1.165, 1.54) is 11.3 Å². The number of aryl methyl sites for hydroxylation is 1. The van der Waals surface area contributed by atoms with Gasteiger partial charge >= 0.3 is 0 Å². The van der Waals surface area contributed by atoms with Gasteiger partial charge in [0, 0.05) is 17.4 Å². The first kappa shape index (κ1) is 18.1. The second-order valence-corrected chi connectivity index (χ2v) is 9.38. The molecule has 0 saturated heterocycles. The van der Waals surface area contributed by atoms with Gasteiger partial charge in [-0.15, -0.1) is 11.3 Å². The summed E-state index contributed by atoms with van der Waals surface area (Å²) in [7, 11) is -3.69. The van der Waals surface area contributed by atoms with Crippen LogP contribution in [0.1, 0.15) is 22.4 Å². The fraction of sp³-hybridized carbons (Fsp3) is 0.105. The third kappa shape index (κ3) is 3.89. The molecule has 1 N–H and O–H groups in total. The smallest absolute Gasteiger partial charge is 0.241 e. The number of benzene rings is 1. The Hall–Kier alpha value is -2.26. The second kappa shape index (κ2) is 7.40. The molecule has 0 spiro atoms. The zero-order valence-corrected chi connectivity index (χ0v) is 16.8. The summed E-state index contributed by atoms with van der Waals surface area (Å²) >= 11 is 3.07. The van der Waals surface area contributed by atoms with Gasteiger partial charge in [-0.1, -0.05) is 18.2 Å². The topological polar surface area (TPSA) is 72.2 Å². The van der Waals surface area contributed by atoms with Crippen LogP contribution in [-0.4, -0.2) is 13.4 Å². The maximum atomic E-state index is 12.9. The Labute approximate surface area is 165 Å². The van der Waals surface area contributed by atoms with Crippen LogP contribution >= 0.6 is 22.7 Å². The minimum absolute atomic E-state index is 0.211. The molecule has 1 atom stereocenters. The van der Waals surface area contributed by atoms with Crippen LogP contribution in [0.5, 0.6) is 0 Å². The van der Waals surface area contributed by atoms with Crippen molar-refractivity contribution in [2.45, 2.75) is 17.9 Å². The molecule has 0 unspecified atom stereocenters. The van der Waals surface area contributed by atoms with Crippen molar-refractivity contribution in [1.82, 2.24) is 9.71 Å². The molecule has 0 radical (unpaired) electrons. The van der Waals surface area contributed by atoms with E-state index in [2.05, 4.69) is 9.71 Å². The van der Waals surface area contributed by atoms with Gasteiger partial charge in [0.05, 0.1) is 10.9 Å². The number of nitrogens with one attached hydrogen (secondary N) is 1. The lowest BCUT2D eigenvalue weighted by Gasteiger charge is -2.17. The zero-order valence-electron chi connectivity index (χ0n) is 14.3. The molecule has 4 aromatic rings. The standard InChI is InChI=1S/C19H16N2O3S3/c1-13-20-17(11-24-13)14-4-6-16(7-5-14)27(22,23)21-19(15-8-10-25-12-15)18-3-2-9-26-18/h2-12,19,21H,1H3/t19-/m0/s1. The van der Waals surface area contributed by atoms with Gasteiger partial charge < -0.3 is 4.42 Å². The number of hydrogen-bond acceptors (Lipinski definition) is 6. The third-order valence-corrected chi connectivity index (χ3v) is 7.13. The fourth-order valence-electron chi connectivity index (χ4n) is 2.71. The van der Waals surface area contributed by atoms with Crippen molar-refractivity contribution in [2.75, 3.05) is 0 Å². The highest BCUT2D eigenvalue weighted by molar-refractivity contribution is 7.89. The van der Waals surface area contributed by atoms with E-state index in [0.29, 0.717) is 11.6 Å². The minimum atomic E-state index is -3.69. The SMILES string of the molecule is Cc1nc(-c2ccc(S(=O)(=O)N[C@@H](c3ccsc3)c3cccs3)cc2)co1. The highest BCUT2D eigenvalue weighted by atomic mass is 32.2. The summed E-state index contributed by atoms with van der Waals surface area (Å²) in [6.07, 6.45) is 1.56. The largest absolute Gasteiger partial charge is 0.449 e. The molecule has 3 aromatic heterocycles. The first-order chi connectivity index (χ1) is 13.0. The summed E-state index contributed by atoms with van der Waals surface area (Å²) in [5.41, 5.74) is 2.42. The maximum absolute atomic E-state index is 12.9. The predicted octanol–water partition coefficient (Wildman–Crippen LogP) is 4.84. The number of rotatable bonds is 6. The molecule has 0 bridgehead atoms. The monoisotopic (exact) mass is 416 g/mol. The molecule has 0 saturated carbocycles. The third-order valence-electron chi connectivity index (χ3n) is 4.06. The van der Waals surface area contributed by atoms with Crippen molar-refractivity contribution in [3.63, 3.8) is 0 Å². The maximum Gasteiger partial charge on any atom is 0.241 e. The molecular weight excluding hydrogens is 400 g/mol. The van der Waals surface area contributed by atoms with Crippen LogP contribution in [0, 0.1) is 6.92 Å². The van der Waals surface area contributed by atoms with Crippen LogP contribution in [-0.2, 0) is 10.0 Å². The van der Waals surface area contributed by atoms with E-state index < -0.39 is 16.1 Å². The lowest BCUT2D eigenvalue weighted by Crippen LogP contribution is -2.28. The molecule has 4 rings (SSSR count). The summed E-state index contributed by atoms with van der Waals surface area (Å²) in [6.45, 7) is 1.77. The van der Waals surface area contributed by atoms with Crippen molar-refractivity contribution >= 4 is 32.7 Å². The van der Waals surface area contributed by atoms with Crippen LogP contribution < -0.4 is 4.72 Å². The van der Waals surface area contributed by atoms with Gasteiger partial charge in [0.15, 0.2) is 5.89 Å². The summed E-state index contributed by atoms with van der Waals surface area (Å²) in [5, 5.41) is 5.85. The zero-order chi connectivity index (χ0) is 18.9. The molecule has 0 aliphatic heterocycles. The number of hydrogen-bond donors (Lipinski definition) is 1. The Morgan fingerprint density at radius 2 is 1.93 bits per heavy atom. The van der Waals surface area contributed by atoms with E-state index in [1.54, 1.807) is 48.8 Å². The van der Waals surface area contributed by atoms with Gasteiger partial charge in [0.25, 0.3) is 0 Å². The molecule has 0 amide bonds. The van der Waals surface area contributed by atoms with Crippen LogP contribution in [0.3, 0.4) is 0 Å². The highest BCUT2D eigenvalue weighted by Gasteiger charge is 2.24. The van der Waals surface area contributed by atoms with Crippen LogP contribution in [0.2, 0.25) is 0 Å². The highest BCUT2D eigenvalue weighted by Crippen LogP contribution is 2.29. The van der Waals surface area contributed by atoms with E-state index >= 15 is 0 Å². The average molecular weight is 417 g/mol. The quantitative estimate of drug-likeness (QED) is 0.488. The Kier molecular flexibility index (Phi) is 4.96. The summed E-state index contributed by atoms with van der Waals surface area (Å²) in [6, 6.07) is 12.0. The molecule has 0 fully saturated rings. The van der Waals surface area contributed by atoms with Crippen molar-refractivity contribution in [3.8, 4) is 11.3 Å². The van der Waals surface area contributed by atoms with Crippen molar-refractivity contribution in [2.24, 2.45) is 0 Å². The van der Waals surface area contributed by atoms with Crippen molar-refractivity contribution in [3.05, 3.63) is 81.2 Å². The molecule has 27 heavy (non-hydrogen) atoms. The summed E-state index contributed by atoms with van der Waals surface area (Å²) in [5.74, 6) is 0.568. The van der Waals surface area contributed by atoms with Gasteiger partial charge in [0.2, 0.25) is 10.0 Å². The first-order valence-electron chi connectivity index (χ1n) is 8.13. The van der Waals surface area contributed by atoms with Crippen LogP contribution in [0.4, 0.5) is 0 Å². The van der Waals surface area contributed by atoms with Gasteiger partial charge in [0.1, 0.15) is 12.0 Å². The normalized spacial score (nSPS) is 12.9. The van der Waals surface area contributed by atoms with E-state index in [4.69, 9.17) is 4.42 Å². The number of sulfonamides is 1. The van der Waals surface area contributed by atoms with Gasteiger partial charge in [-0.3, -0.25) is 0 Å². The average Bonchev–Trinajstić information content (AvgIpc) is 3.42. The van der Waals surface area contributed by atoms with Crippen molar-refractivity contribution < 1.29 is 12.8 Å². The lowest BCUT2D eigenvalue weighted by molar-refractivity contribution is 0.521. The predicted molar refractivity (Wildman–Crippen MR) is 107 cm³/mol. The van der Waals surface area contributed by atoms with E-state index in [0.717, 1.165) is 16.0 Å². The number of thiophene rings is 2. The van der Waals surface area contributed by atoms with Gasteiger partial charge in [-0.2, -0.15) is 16.1 Å². The molecule has 0 aliphatic rings. The summed E-state index contributed by atoms with van der Waals surface area (Å²) in [4.78, 5) is 5.42. The molecular formula is C19H16N2O3S3. The van der Waals surface area contributed by atoms with E-state index in [9.17, 15) is 8.42 Å². The van der Waals surface area contributed by atoms with Crippen LogP contribution in [0.15, 0.2) is 74.2 Å². The molecule has 5 nitrogen and oxygen atoms in total. The molecule has 8 heteroatoms. The number of nitrogens with zero attached hydrogens (tertiary/aromatic N) is 1. The molecule has 3 heterocycles. The van der Waals surface area contributed by atoms with Gasteiger partial charge in [-0.05, 0) is 46.0 Å². The molecule has 138 valence electrons. The Morgan fingerprint density at radius 1 is 1.11 bits per heavy atom. The fourth-order valence-corrected chi connectivity index (χ4v) is 5.48. The number of aromatic nitrogens is 1. The lowest BCUT2D eigenvalue weighted by atomic mass is 10.1. The molecule has 1 aromatic carbocycles. The van der Waals surface area contributed by atoms with E-state index in [-0.39, 0.29) is 4.90 Å². The van der Waals surface area contributed by atoms with Gasteiger partial charge in [-0.25, -0.2) is 13.4 Å². The Bertz CT molecular complexity index is 1080. The van der Waals surface area contributed by atoms with Crippen LogP contribution in [0.25, 0.3) is 11.3 Å². The Morgan fingerprint density at radius 3 is 2.52 bits per heavy atom. The first-order valence-corrected chi connectivity index (χ1v) is 11.4. The second-order valence-electron chi connectivity index (χ2n) is 5.90. The number of oxazole rings is 1.